The minimum absolute atomic E-state index is 0.430. The number of hydrogen-bond donors (Lipinski definition) is 0. The minimum Gasteiger partial charge on any atom is -0.0835 e. The summed E-state index contributed by atoms with van der Waals surface area (Å²) in [6.45, 7) is 4.49. The van der Waals surface area contributed by atoms with Crippen molar-refractivity contribution >= 4 is 47.8 Å². The molecule has 1 aromatic rings. The van der Waals surface area contributed by atoms with Gasteiger partial charge >= 0.3 is 0 Å². The molecule has 0 nitrogen and oxygen atoms in total. The van der Waals surface area contributed by atoms with Crippen LogP contribution in [0.2, 0.25) is 0 Å². The highest BCUT2D eigenvalue weighted by molar-refractivity contribution is 9.11. The third-order valence-electron chi connectivity index (χ3n) is 2.72. The van der Waals surface area contributed by atoms with Crippen LogP contribution in [0.25, 0.3) is 0 Å². The fourth-order valence-corrected chi connectivity index (χ4v) is 3.99. The van der Waals surface area contributed by atoms with Gasteiger partial charge in [0, 0.05) is 13.8 Å². The van der Waals surface area contributed by atoms with Gasteiger partial charge in [-0.3, -0.25) is 0 Å². The minimum atomic E-state index is 0.430. The van der Waals surface area contributed by atoms with Crippen LogP contribution < -0.4 is 0 Å². The lowest BCUT2D eigenvalue weighted by Gasteiger charge is -2.21. The largest absolute Gasteiger partial charge is 0.0835 e. The zero-order chi connectivity index (χ0) is 11.4. The first kappa shape index (κ1) is 13.7. The van der Waals surface area contributed by atoms with Crippen molar-refractivity contribution in [2.45, 2.75) is 31.5 Å². The molecule has 0 aliphatic heterocycles. The maximum Gasteiger partial charge on any atom is 0.0434 e. The molecule has 0 spiro atoms. The SMILES string of the molecule is CCC(CC)C(Br)c1cc(Br)ccc1Br. The van der Waals surface area contributed by atoms with E-state index in [1.165, 1.54) is 22.9 Å². The Balaban J connectivity index is 2.98. The van der Waals surface area contributed by atoms with E-state index in [0.717, 1.165) is 4.47 Å². The van der Waals surface area contributed by atoms with E-state index >= 15 is 0 Å². The van der Waals surface area contributed by atoms with Crippen molar-refractivity contribution in [3.8, 4) is 0 Å². The van der Waals surface area contributed by atoms with E-state index in [0.29, 0.717) is 10.7 Å². The van der Waals surface area contributed by atoms with Crippen molar-refractivity contribution in [1.29, 1.82) is 0 Å². The van der Waals surface area contributed by atoms with Crippen LogP contribution >= 0.6 is 47.8 Å². The first-order chi connectivity index (χ1) is 7.10. The Morgan fingerprint density at radius 2 is 1.73 bits per heavy atom. The fourth-order valence-electron chi connectivity index (χ4n) is 1.68. The molecule has 0 aromatic heterocycles. The van der Waals surface area contributed by atoms with Crippen LogP contribution in [0.4, 0.5) is 0 Å². The third kappa shape index (κ3) is 3.57. The highest BCUT2D eigenvalue weighted by atomic mass is 79.9. The van der Waals surface area contributed by atoms with Crippen molar-refractivity contribution in [2.24, 2.45) is 5.92 Å². The van der Waals surface area contributed by atoms with Crippen LogP contribution in [0.3, 0.4) is 0 Å². The lowest BCUT2D eigenvalue weighted by atomic mass is 9.94. The summed E-state index contributed by atoms with van der Waals surface area (Å²) in [6, 6.07) is 6.33. The first-order valence-electron chi connectivity index (χ1n) is 5.19. The highest BCUT2D eigenvalue weighted by Crippen LogP contribution is 2.39. The second kappa shape index (κ2) is 6.41. The van der Waals surface area contributed by atoms with Crippen LogP contribution in [0.15, 0.2) is 27.1 Å². The Kier molecular flexibility index (Phi) is 5.86. The van der Waals surface area contributed by atoms with Gasteiger partial charge in [-0.05, 0) is 29.7 Å². The standard InChI is InChI=1S/C12H15Br3/c1-3-8(4-2)12(15)10-7-9(13)5-6-11(10)14/h5-8,12H,3-4H2,1-2H3. The quantitative estimate of drug-likeness (QED) is 0.539. The van der Waals surface area contributed by atoms with Gasteiger partial charge in [0.15, 0.2) is 0 Å². The van der Waals surface area contributed by atoms with Gasteiger partial charge in [-0.2, -0.15) is 0 Å². The maximum absolute atomic E-state index is 3.81. The summed E-state index contributed by atoms with van der Waals surface area (Å²) in [6.07, 6.45) is 2.40. The van der Waals surface area contributed by atoms with E-state index < -0.39 is 0 Å². The van der Waals surface area contributed by atoms with E-state index in [1.807, 2.05) is 0 Å². The zero-order valence-corrected chi connectivity index (χ0v) is 13.7. The Morgan fingerprint density at radius 3 is 2.27 bits per heavy atom. The van der Waals surface area contributed by atoms with Crippen molar-refractivity contribution in [3.63, 3.8) is 0 Å². The molecule has 0 N–H and O–H groups in total. The molecule has 0 saturated heterocycles. The van der Waals surface area contributed by atoms with E-state index in [-0.39, 0.29) is 0 Å². The Morgan fingerprint density at radius 1 is 1.13 bits per heavy atom. The summed E-state index contributed by atoms with van der Waals surface area (Å²) in [4.78, 5) is 0.430. The van der Waals surface area contributed by atoms with E-state index in [1.54, 1.807) is 0 Å². The molecule has 1 atom stereocenters. The number of alkyl halides is 1. The predicted octanol–water partition coefficient (Wildman–Crippen LogP) is 6.08. The summed E-state index contributed by atoms with van der Waals surface area (Å²) in [5.41, 5.74) is 1.33. The number of rotatable bonds is 4. The molecule has 0 aliphatic rings. The second-order valence-electron chi connectivity index (χ2n) is 3.64. The molecule has 0 radical (unpaired) electrons. The Bertz CT molecular complexity index is 319. The van der Waals surface area contributed by atoms with Crippen LogP contribution in [0.1, 0.15) is 37.1 Å². The molecule has 3 heteroatoms. The van der Waals surface area contributed by atoms with Crippen molar-refractivity contribution in [1.82, 2.24) is 0 Å². The molecule has 0 heterocycles. The fraction of sp³-hybridized carbons (Fsp3) is 0.500. The van der Waals surface area contributed by atoms with Crippen molar-refractivity contribution < 1.29 is 0 Å². The van der Waals surface area contributed by atoms with Gasteiger partial charge < -0.3 is 0 Å². The molecule has 1 aromatic carbocycles. The lowest BCUT2D eigenvalue weighted by Crippen LogP contribution is -2.06. The van der Waals surface area contributed by atoms with Crippen LogP contribution in [-0.4, -0.2) is 0 Å². The summed E-state index contributed by atoms with van der Waals surface area (Å²) in [5.74, 6) is 0.690. The van der Waals surface area contributed by atoms with Gasteiger partial charge in [0.1, 0.15) is 0 Å². The molecule has 0 saturated carbocycles. The Hall–Kier alpha value is 0.660. The number of halogens is 3. The second-order valence-corrected chi connectivity index (χ2v) is 6.40. The van der Waals surface area contributed by atoms with E-state index in [4.69, 9.17) is 0 Å². The lowest BCUT2D eigenvalue weighted by molar-refractivity contribution is 0.486. The van der Waals surface area contributed by atoms with Gasteiger partial charge in [0.2, 0.25) is 0 Å². The molecule has 0 aliphatic carbocycles. The molecule has 0 fully saturated rings. The molecule has 84 valence electrons. The summed E-state index contributed by atoms with van der Waals surface area (Å²) < 4.78 is 2.32. The van der Waals surface area contributed by atoms with Crippen molar-refractivity contribution in [3.05, 3.63) is 32.7 Å². The van der Waals surface area contributed by atoms with Crippen molar-refractivity contribution in [2.75, 3.05) is 0 Å². The zero-order valence-electron chi connectivity index (χ0n) is 8.93. The first-order valence-corrected chi connectivity index (χ1v) is 7.69. The van der Waals surface area contributed by atoms with Gasteiger partial charge in [-0.25, -0.2) is 0 Å². The predicted molar refractivity (Wildman–Crippen MR) is 77.6 cm³/mol. The molecule has 0 amide bonds. The summed E-state index contributed by atoms with van der Waals surface area (Å²) in [7, 11) is 0. The van der Waals surface area contributed by atoms with Crippen LogP contribution in [0, 0.1) is 5.92 Å². The molecule has 0 bridgehead atoms. The normalized spacial score (nSPS) is 13.2. The molecule has 15 heavy (non-hydrogen) atoms. The van der Waals surface area contributed by atoms with E-state index in [2.05, 4.69) is 79.8 Å². The third-order valence-corrected chi connectivity index (χ3v) is 5.17. The highest BCUT2D eigenvalue weighted by Gasteiger charge is 2.19. The summed E-state index contributed by atoms with van der Waals surface area (Å²) >= 11 is 10.9. The topological polar surface area (TPSA) is 0 Å². The van der Waals surface area contributed by atoms with Gasteiger partial charge in [-0.15, -0.1) is 0 Å². The maximum atomic E-state index is 3.81. The molecule has 1 unspecified atom stereocenters. The monoisotopic (exact) mass is 396 g/mol. The van der Waals surface area contributed by atoms with Gasteiger partial charge in [-0.1, -0.05) is 74.5 Å². The van der Waals surface area contributed by atoms with Crippen LogP contribution in [-0.2, 0) is 0 Å². The summed E-state index contributed by atoms with van der Waals surface area (Å²) in [5, 5.41) is 0. The molecular formula is C12H15Br3. The Labute approximate surface area is 117 Å². The molecule has 1 rings (SSSR count). The van der Waals surface area contributed by atoms with Gasteiger partial charge in [0.25, 0.3) is 0 Å². The average molecular weight is 399 g/mol. The van der Waals surface area contributed by atoms with Gasteiger partial charge in [0.05, 0.1) is 0 Å². The van der Waals surface area contributed by atoms with E-state index in [9.17, 15) is 0 Å². The van der Waals surface area contributed by atoms with Crippen LogP contribution in [0.5, 0.6) is 0 Å². The average Bonchev–Trinajstić information content (AvgIpc) is 2.23. The molecular weight excluding hydrogens is 384 g/mol. The number of benzene rings is 1. The number of hydrogen-bond acceptors (Lipinski definition) is 0. The smallest absolute Gasteiger partial charge is 0.0434 e.